The highest BCUT2D eigenvalue weighted by Gasteiger charge is 2.05. The SMILES string of the molecule is CC#Cc1ccc(O)c(C(C)=O)c1. The van der Waals surface area contributed by atoms with E-state index < -0.39 is 0 Å². The zero-order valence-corrected chi connectivity index (χ0v) is 7.59. The van der Waals surface area contributed by atoms with Crippen LogP contribution >= 0.6 is 0 Å². The molecule has 1 aromatic carbocycles. The fraction of sp³-hybridized carbons (Fsp3) is 0.182. The lowest BCUT2D eigenvalue weighted by atomic mass is 10.1. The fourth-order valence-electron chi connectivity index (χ4n) is 1.04. The third-order valence-corrected chi connectivity index (χ3v) is 1.65. The molecule has 1 N–H and O–H groups in total. The van der Waals surface area contributed by atoms with Crippen LogP contribution < -0.4 is 0 Å². The molecular weight excluding hydrogens is 164 g/mol. The maximum Gasteiger partial charge on any atom is 0.163 e. The summed E-state index contributed by atoms with van der Waals surface area (Å²) in [6.45, 7) is 3.14. The van der Waals surface area contributed by atoms with E-state index >= 15 is 0 Å². The van der Waals surface area contributed by atoms with Crippen LogP contribution in [0, 0.1) is 11.8 Å². The number of phenols is 1. The summed E-state index contributed by atoms with van der Waals surface area (Å²) in [7, 11) is 0. The van der Waals surface area contributed by atoms with E-state index in [0.29, 0.717) is 5.56 Å². The lowest BCUT2D eigenvalue weighted by molar-refractivity contribution is 0.101. The number of carbonyl (C=O) groups is 1. The molecule has 0 atom stereocenters. The molecule has 1 aromatic rings. The van der Waals surface area contributed by atoms with Gasteiger partial charge >= 0.3 is 0 Å². The van der Waals surface area contributed by atoms with E-state index in [4.69, 9.17) is 0 Å². The number of hydrogen-bond donors (Lipinski definition) is 1. The standard InChI is InChI=1S/C11H10O2/c1-3-4-9-5-6-11(13)10(7-9)8(2)12/h5-7,13H,1-2H3. The Morgan fingerprint density at radius 2 is 2.15 bits per heavy atom. The summed E-state index contributed by atoms with van der Waals surface area (Å²) in [6, 6.07) is 4.75. The van der Waals surface area contributed by atoms with Crippen LogP contribution in [0.5, 0.6) is 5.75 Å². The molecule has 0 amide bonds. The van der Waals surface area contributed by atoms with Crippen LogP contribution in [0.2, 0.25) is 0 Å². The van der Waals surface area contributed by atoms with E-state index in [0.717, 1.165) is 5.56 Å². The number of benzene rings is 1. The van der Waals surface area contributed by atoms with Crippen molar-refractivity contribution in [2.24, 2.45) is 0 Å². The molecule has 0 spiro atoms. The van der Waals surface area contributed by atoms with Crippen LogP contribution in [-0.4, -0.2) is 10.9 Å². The van der Waals surface area contributed by atoms with Crippen molar-refractivity contribution in [2.45, 2.75) is 13.8 Å². The highest BCUT2D eigenvalue weighted by atomic mass is 16.3. The first-order valence-corrected chi connectivity index (χ1v) is 3.92. The maximum atomic E-state index is 11.0. The first-order chi connectivity index (χ1) is 6.15. The molecule has 2 nitrogen and oxygen atoms in total. The molecule has 0 fully saturated rings. The Labute approximate surface area is 77.2 Å². The second-order valence-electron chi connectivity index (χ2n) is 2.66. The first kappa shape index (κ1) is 9.34. The predicted molar refractivity (Wildman–Crippen MR) is 50.7 cm³/mol. The molecule has 0 bridgehead atoms. The number of hydrogen-bond acceptors (Lipinski definition) is 2. The van der Waals surface area contributed by atoms with Gasteiger partial charge in [0.25, 0.3) is 0 Å². The minimum atomic E-state index is -0.155. The Morgan fingerprint density at radius 3 is 2.69 bits per heavy atom. The minimum Gasteiger partial charge on any atom is -0.507 e. The number of Topliss-reactive ketones (excluding diaryl/α,β-unsaturated/α-hetero) is 1. The summed E-state index contributed by atoms with van der Waals surface area (Å²) in [6.07, 6.45) is 0. The van der Waals surface area contributed by atoms with Gasteiger partial charge in [-0.15, -0.1) is 5.92 Å². The first-order valence-electron chi connectivity index (χ1n) is 3.92. The Kier molecular flexibility index (Phi) is 2.71. The highest BCUT2D eigenvalue weighted by Crippen LogP contribution is 2.18. The Hall–Kier alpha value is -1.75. The highest BCUT2D eigenvalue weighted by molar-refractivity contribution is 5.97. The van der Waals surface area contributed by atoms with Gasteiger partial charge in [-0.1, -0.05) is 5.92 Å². The lowest BCUT2D eigenvalue weighted by Crippen LogP contribution is -1.93. The van der Waals surface area contributed by atoms with Crippen LogP contribution in [0.15, 0.2) is 18.2 Å². The van der Waals surface area contributed by atoms with Gasteiger partial charge in [-0.25, -0.2) is 0 Å². The van der Waals surface area contributed by atoms with Crippen LogP contribution in [0.25, 0.3) is 0 Å². The molecule has 0 saturated heterocycles. The van der Waals surface area contributed by atoms with Gasteiger partial charge in [0.15, 0.2) is 5.78 Å². The van der Waals surface area contributed by atoms with E-state index in [1.54, 1.807) is 19.1 Å². The van der Waals surface area contributed by atoms with E-state index in [-0.39, 0.29) is 11.5 Å². The van der Waals surface area contributed by atoms with Crippen molar-refractivity contribution in [2.75, 3.05) is 0 Å². The number of aromatic hydroxyl groups is 1. The van der Waals surface area contributed by atoms with Gasteiger partial charge in [0.2, 0.25) is 0 Å². The molecule has 0 aliphatic carbocycles. The Balaban J connectivity index is 3.24. The van der Waals surface area contributed by atoms with Gasteiger partial charge in [-0.05, 0) is 32.0 Å². The normalized spacial score (nSPS) is 8.77. The predicted octanol–water partition coefficient (Wildman–Crippen LogP) is 1.97. The quantitative estimate of drug-likeness (QED) is 0.522. The van der Waals surface area contributed by atoms with Crippen molar-refractivity contribution in [3.63, 3.8) is 0 Å². The topological polar surface area (TPSA) is 37.3 Å². The monoisotopic (exact) mass is 174 g/mol. The van der Waals surface area contributed by atoms with E-state index in [1.165, 1.54) is 13.0 Å². The second kappa shape index (κ2) is 3.77. The van der Waals surface area contributed by atoms with E-state index in [9.17, 15) is 9.90 Å². The van der Waals surface area contributed by atoms with Crippen molar-refractivity contribution in [1.29, 1.82) is 0 Å². The van der Waals surface area contributed by atoms with Crippen molar-refractivity contribution in [1.82, 2.24) is 0 Å². The largest absolute Gasteiger partial charge is 0.507 e. The maximum absolute atomic E-state index is 11.0. The molecule has 1 rings (SSSR count). The van der Waals surface area contributed by atoms with E-state index in [1.807, 2.05) is 0 Å². The van der Waals surface area contributed by atoms with Crippen molar-refractivity contribution in [3.8, 4) is 17.6 Å². The molecular formula is C11H10O2. The number of phenolic OH excluding ortho intramolecular Hbond substituents is 1. The van der Waals surface area contributed by atoms with Gasteiger partial charge in [0, 0.05) is 5.56 Å². The van der Waals surface area contributed by atoms with Crippen molar-refractivity contribution < 1.29 is 9.90 Å². The summed E-state index contributed by atoms with van der Waals surface area (Å²) in [5, 5.41) is 9.30. The average molecular weight is 174 g/mol. The lowest BCUT2D eigenvalue weighted by Gasteiger charge is -1.99. The van der Waals surface area contributed by atoms with Crippen molar-refractivity contribution in [3.05, 3.63) is 29.3 Å². The molecule has 13 heavy (non-hydrogen) atoms. The summed E-state index contributed by atoms with van der Waals surface area (Å²) in [5.41, 5.74) is 1.06. The molecule has 0 aliphatic heterocycles. The average Bonchev–Trinajstić information content (AvgIpc) is 2.08. The second-order valence-corrected chi connectivity index (χ2v) is 2.66. The minimum absolute atomic E-state index is 0.00848. The van der Waals surface area contributed by atoms with Gasteiger partial charge < -0.3 is 5.11 Å². The zero-order chi connectivity index (χ0) is 9.84. The number of ketones is 1. The Morgan fingerprint density at radius 1 is 1.46 bits per heavy atom. The van der Waals surface area contributed by atoms with Crippen LogP contribution in [0.1, 0.15) is 29.8 Å². The molecule has 2 heteroatoms. The van der Waals surface area contributed by atoms with Gasteiger partial charge in [0.05, 0.1) is 5.56 Å². The number of carbonyl (C=O) groups excluding carboxylic acids is 1. The van der Waals surface area contributed by atoms with Crippen LogP contribution in [0.3, 0.4) is 0 Å². The van der Waals surface area contributed by atoms with Gasteiger partial charge in [0.1, 0.15) is 5.75 Å². The van der Waals surface area contributed by atoms with Crippen LogP contribution in [-0.2, 0) is 0 Å². The fourth-order valence-corrected chi connectivity index (χ4v) is 1.04. The summed E-state index contributed by atoms with van der Waals surface area (Å²) in [4.78, 5) is 11.0. The molecule has 0 saturated carbocycles. The third-order valence-electron chi connectivity index (χ3n) is 1.65. The molecule has 0 radical (unpaired) electrons. The molecule has 66 valence electrons. The van der Waals surface area contributed by atoms with Crippen LogP contribution in [0.4, 0.5) is 0 Å². The molecule has 0 unspecified atom stereocenters. The summed E-state index contributed by atoms with van der Waals surface area (Å²) >= 11 is 0. The molecule has 0 aromatic heterocycles. The van der Waals surface area contributed by atoms with E-state index in [2.05, 4.69) is 11.8 Å². The van der Waals surface area contributed by atoms with Gasteiger partial charge in [-0.2, -0.15) is 0 Å². The number of rotatable bonds is 1. The molecule has 0 heterocycles. The molecule has 0 aliphatic rings. The van der Waals surface area contributed by atoms with Gasteiger partial charge in [-0.3, -0.25) is 4.79 Å². The zero-order valence-electron chi connectivity index (χ0n) is 7.59. The smallest absolute Gasteiger partial charge is 0.163 e. The third kappa shape index (κ3) is 2.09. The van der Waals surface area contributed by atoms with Crippen molar-refractivity contribution >= 4 is 5.78 Å². The summed E-state index contributed by atoms with van der Waals surface area (Å²) in [5.74, 6) is 5.40. The summed E-state index contributed by atoms with van der Waals surface area (Å²) < 4.78 is 0. The Bertz CT molecular complexity index is 394.